The summed E-state index contributed by atoms with van der Waals surface area (Å²) < 4.78 is 29.5. The Balaban J connectivity index is 2.87. The molecule has 1 aliphatic heterocycles. The van der Waals surface area contributed by atoms with Gasteiger partial charge in [-0.15, -0.1) is 0 Å². The van der Waals surface area contributed by atoms with Crippen molar-refractivity contribution in [2.75, 3.05) is 19.4 Å². The number of carbonyl (C=O) groups excluding carboxylic acids is 1. The predicted octanol–water partition coefficient (Wildman–Crippen LogP) is -0.370. The molecule has 1 rings (SSSR count). The number of nitrogens with two attached hydrogens (primary N) is 1. The van der Waals surface area contributed by atoms with Crippen molar-refractivity contribution in [1.82, 2.24) is 4.31 Å². The largest absolute Gasteiger partial charge is 0.468 e. The number of ether oxygens (including phenoxy) is 1. The van der Waals surface area contributed by atoms with E-state index in [-0.39, 0.29) is 4.99 Å². The fourth-order valence-electron chi connectivity index (χ4n) is 1.81. The van der Waals surface area contributed by atoms with E-state index in [1.807, 2.05) is 0 Å². The number of sulfonamides is 1. The summed E-state index contributed by atoms with van der Waals surface area (Å²) in [5, 5.41) is 0. The van der Waals surface area contributed by atoms with Gasteiger partial charge in [-0.25, -0.2) is 8.42 Å². The van der Waals surface area contributed by atoms with E-state index in [9.17, 15) is 13.2 Å². The molecule has 1 heterocycles. The second-order valence-corrected chi connectivity index (χ2v) is 6.25. The summed E-state index contributed by atoms with van der Waals surface area (Å²) in [7, 11) is -2.55. The Kier molecular flexibility index (Phi) is 4.84. The van der Waals surface area contributed by atoms with Crippen molar-refractivity contribution in [2.24, 2.45) is 5.73 Å². The zero-order valence-electron chi connectivity index (χ0n) is 9.59. The van der Waals surface area contributed by atoms with Gasteiger partial charge in [-0.1, -0.05) is 18.6 Å². The molecule has 1 aliphatic rings. The highest BCUT2D eigenvalue weighted by Gasteiger charge is 2.35. The van der Waals surface area contributed by atoms with Crippen molar-refractivity contribution in [3.8, 4) is 0 Å². The molecule has 0 aromatic heterocycles. The van der Waals surface area contributed by atoms with E-state index in [1.165, 1.54) is 4.31 Å². The average Bonchev–Trinajstić information content (AvgIpc) is 2.28. The molecule has 0 aromatic rings. The minimum absolute atomic E-state index is 0.151. The van der Waals surface area contributed by atoms with Crippen molar-refractivity contribution in [2.45, 2.75) is 25.3 Å². The number of hydrogen-bond donors (Lipinski definition) is 1. The van der Waals surface area contributed by atoms with E-state index in [1.54, 1.807) is 0 Å². The minimum Gasteiger partial charge on any atom is -0.468 e. The number of nitrogens with zero attached hydrogens (tertiary/aromatic N) is 1. The summed E-state index contributed by atoms with van der Waals surface area (Å²) in [6, 6.07) is -0.478. The molecule has 1 fully saturated rings. The number of methoxy groups -OCH3 is 1. The molecule has 2 N–H and O–H groups in total. The quantitative estimate of drug-likeness (QED) is 0.558. The van der Waals surface area contributed by atoms with E-state index in [4.69, 9.17) is 18.0 Å². The highest BCUT2D eigenvalue weighted by Crippen LogP contribution is 2.21. The van der Waals surface area contributed by atoms with Gasteiger partial charge >= 0.3 is 5.97 Å². The third kappa shape index (κ3) is 3.62. The molecule has 1 unspecified atom stereocenters. The SMILES string of the molecule is COC(=O)CS(=O)(=O)N1CCCCC1C(N)=S. The highest BCUT2D eigenvalue weighted by molar-refractivity contribution is 7.90. The van der Waals surface area contributed by atoms with Gasteiger partial charge in [-0.3, -0.25) is 4.79 Å². The number of carbonyl (C=O) groups is 1. The second kappa shape index (κ2) is 5.74. The lowest BCUT2D eigenvalue weighted by Crippen LogP contribution is -2.51. The third-order valence-corrected chi connectivity index (χ3v) is 4.69. The van der Waals surface area contributed by atoms with Gasteiger partial charge in [0.25, 0.3) is 0 Å². The summed E-state index contributed by atoms with van der Waals surface area (Å²) in [4.78, 5) is 11.2. The minimum atomic E-state index is -3.70. The van der Waals surface area contributed by atoms with Gasteiger partial charge in [0.1, 0.15) is 0 Å². The van der Waals surface area contributed by atoms with Gasteiger partial charge in [0.15, 0.2) is 5.75 Å². The van der Waals surface area contributed by atoms with Gasteiger partial charge in [0.2, 0.25) is 10.0 Å². The first kappa shape index (κ1) is 14.3. The fraction of sp³-hybridized carbons (Fsp3) is 0.778. The molecule has 17 heavy (non-hydrogen) atoms. The van der Waals surface area contributed by atoms with E-state index >= 15 is 0 Å². The molecule has 1 saturated heterocycles. The third-order valence-electron chi connectivity index (χ3n) is 2.67. The Labute approximate surface area is 106 Å². The number of piperidine rings is 1. The average molecular weight is 280 g/mol. The molecule has 0 aliphatic carbocycles. The monoisotopic (exact) mass is 280 g/mol. The van der Waals surface area contributed by atoms with Crippen LogP contribution in [0.1, 0.15) is 19.3 Å². The van der Waals surface area contributed by atoms with E-state index in [0.717, 1.165) is 20.0 Å². The van der Waals surface area contributed by atoms with E-state index in [0.29, 0.717) is 13.0 Å². The topological polar surface area (TPSA) is 89.7 Å². The lowest BCUT2D eigenvalue weighted by molar-refractivity contribution is -0.137. The molecule has 8 heteroatoms. The summed E-state index contributed by atoms with van der Waals surface area (Å²) in [6.07, 6.45) is 2.24. The maximum Gasteiger partial charge on any atom is 0.322 e. The Morgan fingerprint density at radius 3 is 2.71 bits per heavy atom. The van der Waals surface area contributed by atoms with E-state index < -0.39 is 27.8 Å². The molecular weight excluding hydrogens is 264 g/mol. The first-order valence-electron chi connectivity index (χ1n) is 5.24. The van der Waals surface area contributed by atoms with Crippen LogP contribution in [0.5, 0.6) is 0 Å². The van der Waals surface area contributed by atoms with Crippen molar-refractivity contribution in [3.63, 3.8) is 0 Å². The summed E-state index contributed by atoms with van der Waals surface area (Å²) in [6.45, 7) is 0.349. The number of hydrogen-bond acceptors (Lipinski definition) is 5. The van der Waals surface area contributed by atoms with Gasteiger partial charge in [-0.05, 0) is 12.8 Å². The summed E-state index contributed by atoms with van der Waals surface area (Å²) in [5.74, 6) is -1.44. The maximum absolute atomic E-state index is 12.0. The number of thiocarbonyl (C=S) groups is 1. The smallest absolute Gasteiger partial charge is 0.322 e. The molecule has 0 radical (unpaired) electrons. The van der Waals surface area contributed by atoms with Crippen LogP contribution in [0.15, 0.2) is 0 Å². The standard InChI is InChI=1S/C9H16N2O4S2/c1-15-8(12)6-17(13,14)11-5-3-2-4-7(11)9(10)16/h7H,2-6H2,1H3,(H2,10,16). The molecule has 0 saturated carbocycles. The molecule has 0 bridgehead atoms. The fourth-order valence-corrected chi connectivity index (χ4v) is 3.72. The van der Waals surface area contributed by atoms with Crippen molar-refractivity contribution in [3.05, 3.63) is 0 Å². The molecule has 6 nitrogen and oxygen atoms in total. The van der Waals surface area contributed by atoms with Gasteiger partial charge in [0.05, 0.1) is 18.1 Å². The van der Waals surface area contributed by atoms with Crippen LogP contribution in [0, 0.1) is 0 Å². The summed E-state index contributed by atoms with van der Waals surface area (Å²) >= 11 is 4.86. The predicted molar refractivity (Wildman–Crippen MR) is 66.9 cm³/mol. The van der Waals surface area contributed by atoms with Crippen LogP contribution < -0.4 is 5.73 Å². The molecule has 0 spiro atoms. The van der Waals surface area contributed by atoms with Crippen LogP contribution in [0.25, 0.3) is 0 Å². The first-order valence-corrected chi connectivity index (χ1v) is 7.26. The Hall–Kier alpha value is -0.730. The second-order valence-electron chi connectivity index (χ2n) is 3.86. The van der Waals surface area contributed by atoms with Crippen LogP contribution in [0.3, 0.4) is 0 Å². The Bertz CT molecular complexity index is 407. The van der Waals surface area contributed by atoms with E-state index in [2.05, 4.69) is 4.74 Å². The maximum atomic E-state index is 12.0. The van der Waals surface area contributed by atoms with Crippen LogP contribution in [-0.4, -0.2) is 49.1 Å². The zero-order valence-corrected chi connectivity index (χ0v) is 11.2. The molecule has 0 aromatic carbocycles. The van der Waals surface area contributed by atoms with Crippen molar-refractivity contribution in [1.29, 1.82) is 0 Å². The van der Waals surface area contributed by atoms with Crippen LogP contribution in [-0.2, 0) is 19.6 Å². The molecule has 98 valence electrons. The number of rotatable bonds is 4. The van der Waals surface area contributed by atoms with Crippen LogP contribution >= 0.6 is 12.2 Å². The van der Waals surface area contributed by atoms with Gasteiger partial charge < -0.3 is 10.5 Å². The first-order chi connectivity index (χ1) is 7.88. The van der Waals surface area contributed by atoms with Crippen LogP contribution in [0.4, 0.5) is 0 Å². The Morgan fingerprint density at radius 2 is 2.18 bits per heavy atom. The Morgan fingerprint density at radius 1 is 1.53 bits per heavy atom. The zero-order chi connectivity index (χ0) is 13.1. The lowest BCUT2D eigenvalue weighted by atomic mass is 10.1. The normalized spacial score (nSPS) is 22.1. The van der Waals surface area contributed by atoms with Crippen molar-refractivity contribution < 1.29 is 17.9 Å². The number of esters is 1. The lowest BCUT2D eigenvalue weighted by Gasteiger charge is -2.33. The summed E-state index contributed by atoms with van der Waals surface area (Å²) in [5.41, 5.74) is 5.53. The van der Waals surface area contributed by atoms with Crippen molar-refractivity contribution >= 4 is 33.2 Å². The van der Waals surface area contributed by atoms with Gasteiger partial charge in [0, 0.05) is 6.54 Å². The molecular formula is C9H16N2O4S2. The van der Waals surface area contributed by atoms with Gasteiger partial charge in [-0.2, -0.15) is 4.31 Å². The highest BCUT2D eigenvalue weighted by atomic mass is 32.2. The van der Waals surface area contributed by atoms with Crippen LogP contribution in [0.2, 0.25) is 0 Å². The molecule has 0 amide bonds. The molecule has 1 atom stereocenters.